The van der Waals surface area contributed by atoms with Crippen molar-refractivity contribution >= 4 is 5.97 Å². The van der Waals surface area contributed by atoms with Crippen LogP contribution in [0.4, 0.5) is 0 Å². The molecular weight excluding hydrogens is 214 g/mol. The lowest BCUT2D eigenvalue weighted by Gasteiger charge is -2.24. The molecule has 0 aliphatic carbocycles. The van der Waals surface area contributed by atoms with Gasteiger partial charge in [-0.2, -0.15) is 0 Å². The highest BCUT2D eigenvalue weighted by Gasteiger charge is 2.23. The van der Waals surface area contributed by atoms with Gasteiger partial charge in [-0.15, -0.1) is 0 Å². The van der Waals surface area contributed by atoms with Crippen LogP contribution in [0, 0.1) is 5.92 Å². The van der Waals surface area contributed by atoms with E-state index >= 15 is 0 Å². The average Bonchev–Trinajstić information content (AvgIpc) is 2.35. The van der Waals surface area contributed by atoms with Crippen LogP contribution in [0.25, 0.3) is 0 Å². The number of rotatable bonds is 6. The fourth-order valence-corrected chi connectivity index (χ4v) is 1.74. The second-order valence-electron chi connectivity index (χ2n) is 4.52. The molecule has 0 fully saturated rings. The minimum Gasteiger partial charge on any atom is -0.480 e. The monoisotopic (exact) mass is 235 g/mol. The maximum absolute atomic E-state index is 11.3. The van der Waals surface area contributed by atoms with Gasteiger partial charge in [-0.05, 0) is 18.4 Å². The number of hydrogen-bond acceptors (Lipinski definition) is 2. The van der Waals surface area contributed by atoms with E-state index < -0.39 is 12.0 Å². The Balaban J connectivity index is 2.78. The highest BCUT2D eigenvalue weighted by atomic mass is 16.4. The molecule has 1 aromatic carbocycles. The summed E-state index contributed by atoms with van der Waals surface area (Å²) in [5.74, 6) is -0.369. The average molecular weight is 235 g/mol. The van der Waals surface area contributed by atoms with E-state index in [0.717, 1.165) is 12.0 Å². The normalized spacial score (nSPS) is 16.2. The molecule has 0 aliphatic rings. The van der Waals surface area contributed by atoms with Crippen LogP contribution in [0.15, 0.2) is 30.3 Å². The van der Waals surface area contributed by atoms with E-state index in [0.29, 0.717) is 5.92 Å². The molecule has 0 aliphatic heterocycles. The van der Waals surface area contributed by atoms with Crippen LogP contribution >= 0.6 is 0 Å². The molecule has 94 valence electrons. The zero-order chi connectivity index (χ0) is 12.8. The summed E-state index contributed by atoms with van der Waals surface area (Å²) in [5.41, 5.74) is 0.801. The van der Waals surface area contributed by atoms with E-state index in [4.69, 9.17) is 0 Å². The van der Waals surface area contributed by atoms with E-state index in [9.17, 15) is 9.90 Å². The molecule has 0 radical (unpaired) electrons. The van der Waals surface area contributed by atoms with Gasteiger partial charge in [-0.25, -0.2) is 0 Å². The van der Waals surface area contributed by atoms with Crippen molar-refractivity contribution in [2.24, 2.45) is 5.92 Å². The molecule has 0 heterocycles. The minimum absolute atomic E-state index is 0.182. The maximum Gasteiger partial charge on any atom is 0.325 e. The molecule has 0 amide bonds. The predicted molar refractivity (Wildman–Crippen MR) is 68.9 cm³/mol. The molecule has 0 saturated carbocycles. The third kappa shape index (κ3) is 3.86. The molecule has 2 N–H and O–H groups in total. The van der Waals surface area contributed by atoms with Crippen LogP contribution in [0.1, 0.15) is 38.8 Å². The number of carboxylic acids is 1. The summed E-state index contributed by atoms with van der Waals surface area (Å²) in [4.78, 5) is 11.3. The summed E-state index contributed by atoms with van der Waals surface area (Å²) in [6.45, 7) is 6.27. The largest absolute Gasteiger partial charge is 0.480 e. The smallest absolute Gasteiger partial charge is 0.325 e. The van der Waals surface area contributed by atoms with Crippen molar-refractivity contribution in [1.82, 2.24) is 5.32 Å². The highest BCUT2D eigenvalue weighted by Crippen LogP contribution is 2.16. The van der Waals surface area contributed by atoms with Crippen molar-refractivity contribution in [3.63, 3.8) is 0 Å². The fourth-order valence-electron chi connectivity index (χ4n) is 1.74. The van der Waals surface area contributed by atoms with Crippen LogP contribution < -0.4 is 5.32 Å². The van der Waals surface area contributed by atoms with E-state index in [1.54, 1.807) is 0 Å². The van der Waals surface area contributed by atoms with Crippen LogP contribution in [0.5, 0.6) is 0 Å². The number of nitrogens with one attached hydrogen (secondary N) is 1. The van der Waals surface area contributed by atoms with Gasteiger partial charge in [-0.1, -0.05) is 50.6 Å². The molecule has 1 aromatic rings. The molecule has 3 heteroatoms. The Morgan fingerprint density at radius 1 is 1.29 bits per heavy atom. The number of carbonyl (C=O) groups is 1. The minimum atomic E-state index is -0.827. The number of carboxylic acid groups (broad SMARTS) is 1. The molecule has 3 unspecified atom stereocenters. The summed E-state index contributed by atoms with van der Waals surface area (Å²) in [5, 5.41) is 12.5. The van der Waals surface area contributed by atoms with Gasteiger partial charge >= 0.3 is 5.97 Å². The predicted octanol–water partition coefficient (Wildman–Crippen LogP) is 2.84. The molecule has 1 rings (SSSR count). The summed E-state index contributed by atoms with van der Waals surface area (Å²) in [6.07, 6.45) is 1.04. The first-order valence-electron chi connectivity index (χ1n) is 6.10. The quantitative estimate of drug-likeness (QED) is 0.797. The topological polar surface area (TPSA) is 49.3 Å². The standard InChI is InChI=1S/C14H21NO2/c1-4-10(2)11(3)15-13(14(16)17)12-8-6-5-7-9-12/h5-11,13,15H,4H2,1-3H3,(H,16,17). The molecule has 3 atom stereocenters. The van der Waals surface area contributed by atoms with Gasteiger partial charge in [0.25, 0.3) is 0 Å². The zero-order valence-electron chi connectivity index (χ0n) is 10.7. The Morgan fingerprint density at radius 2 is 1.88 bits per heavy atom. The molecule has 17 heavy (non-hydrogen) atoms. The first kappa shape index (κ1) is 13.7. The molecule has 0 bridgehead atoms. The fraction of sp³-hybridized carbons (Fsp3) is 0.500. The Kier molecular flexibility index (Phi) is 5.16. The van der Waals surface area contributed by atoms with Crippen molar-refractivity contribution < 1.29 is 9.90 Å². The summed E-state index contributed by atoms with van der Waals surface area (Å²) < 4.78 is 0. The van der Waals surface area contributed by atoms with Crippen LogP contribution in [-0.4, -0.2) is 17.1 Å². The van der Waals surface area contributed by atoms with Gasteiger partial charge in [0, 0.05) is 6.04 Å². The molecular formula is C14H21NO2. The lowest BCUT2D eigenvalue weighted by molar-refractivity contribution is -0.140. The van der Waals surface area contributed by atoms with Crippen molar-refractivity contribution in [2.75, 3.05) is 0 Å². The number of hydrogen-bond donors (Lipinski definition) is 2. The van der Waals surface area contributed by atoms with Crippen molar-refractivity contribution in [3.05, 3.63) is 35.9 Å². The van der Waals surface area contributed by atoms with Gasteiger partial charge in [-0.3, -0.25) is 10.1 Å². The SMILES string of the molecule is CCC(C)C(C)NC(C(=O)O)c1ccccc1. The first-order chi connectivity index (χ1) is 8.06. The third-order valence-electron chi connectivity index (χ3n) is 3.31. The number of aliphatic carboxylic acids is 1. The lowest BCUT2D eigenvalue weighted by atomic mass is 9.98. The van der Waals surface area contributed by atoms with Crippen LogP contribution in [0.3, 0.4) is 0 Å². The van der Waals surface area contributed by atoms with Gasteiger partial charge in [0.1, 0.15) is 6.04 Å². The van der Waals surface area contributed by atoms with Crippen LogP contribution in [0.2, 0.25) is 0 Å². The molecule has 0 saturated heterocycles. The Labute approximate surface area is 103 Å². The summed E-state index contributed by atoms with van der Waals surface area (Å²) >= 11 is 0. The van der Waals surface area contributed by atoms with Gasteiger partial charge < -0.3 is 5.11 Å². The van der Waals surface area contributed by atoms with E-state index in [-0.39, 0.29) is 6.04 Å². The molecule has 3 nitrogen and oxygen atoms in total. The van der Waals surface area contributed by atoms with Crippen molar-refractivity contribution in [3.8, 4) is 0 Å². The second-order valence-corrected chi connectivity index (χ2v) is 4.52. The first-order valence-corrected chi connectivity index (χ1v) is 6.10. The van der Waals surface area contributed by atoms with E-state index in [2.05, 4.69) is 19.2 Å². The second kappa shape index (κ2) is 6.40. The lowest BCUT2D eigenvalue weighted by Crippen LogP contribution is -2.38. The molecule has 0 spiro atoms. The van der Waals surface area contributed by atoms with Gasteiger partial charge in [0.05, 0.1) is 0 Å². The van der Waals surface area contributed by atoms with Gasteiger partial charge in [0.2, 0.25) is 0 Å². The van der Waals surface area contributed by atoms with Crippen LogP contribution in [-0.2, 0) is 4.79 Å². The Bertz CT molecular complexity index is 350. The number of benzene rings is 1. The summed E-state index contributed by atoms with van der Waals surface area (Å²) in [7, 11) is 0. The van der Waals surface area contributed by atoms with E-state index in [1.807, 2.05) is 37.3 Å². The van der Waals surface area contributed by atoms with Gasteiger partial charge in [0.15, 0.2) is 0 Å². The summed E-state index contributed by atoms with van der Waals surface area (Å²) in [6, 6.07) is 8.86. The van der Waals surface area contributed by atoms with E-state index in [1.165, 1.54) is 0 Å². The van der Waals surface area contributed by atoms with Crippen molar-refractivity contribution in [2.45, 2.75) is 39.3 Å². The van der Waals surface area contributed by atoms with Crippen molar-refractivity contribution in [1.29, 1.82) is 0 Å². The maximum atomic E-state index is 11.3. The zero-order valence-corrected chi connectivity index (χ0v) is 10.7. The molecule has 0 aromatic heterocycles. The third-order valence-corrected chi connectivity index (χ3v) is 3.31. The Morgan fingerprint density at radius 3 is 2.35 bits per heavy atom. The Hall–Kier alpha value is -1.35. The highest BCUT2D eigenvalue weighted by molar-refractivity contribution is 5.75.